The summed E-state index contributed by atoms with van der Waals surface area (Å²) in [7, 11) is 3.55. The summed E-state index contributed by atoms with van der Waals surface area (Å²) in [6.45, 7) is 7.98. The summed E-state index contributed by atoms with van der Waals surface area (Å²) in [6.07, 6.45) is 2.76. The lowest BCUT2D eigenvalue weighted by Gasteiger charge is -2.38. The molecule has 1 aromatic rings. The van der Waals surface area contributed by atoms with Crippen molar-refractivity contribution in [3.05, 3.63) is 18.0 Å². The Morgan fingerprint density at radius 1 is 1.57 bits per heavy atom. The smallest absolute Gasteiger partial charge is 0.251 e. The average molecular weight is 324 g/mol. The van der Waals surface area contributed by atoms with Gasteiger partial charge in [-0.1, -0.05) is 0 Å². The Kier molecular flexibility index (Phi) is 5.78. The molecular weight excluding hydrogens is 296 g/mol. The molecule has 1 amide bonds. The van der Waals surface area contributed by atoms with Gasteiger partial charge in [0.1, 0.15) is 6.10 Å². The van der Waals surface area contributed by atoms with Crippen molar-refractivity contribution in [3.8, 4) is 0 Å². The van der Waals surface area contributed by atoms with E-state index in [4.69, 9.17) is 4.74 Å². The van der Waals surface area contributed by atoms with Crippen molar-refractivity contribution in [1.82, 2.24) is 19.6 Å². The highest BCUT2D eigenvalue weighted by Crippen LogP contribution is 2.16. The molecule has 0 bridgehead atoms. The number of carbonyl (C=O) groups is 1. The highest BCUT2D eigenvalue weighted by molar-refractivity contribution is 5.80. The Balaban J connectivity index is 1.78. The van der Waals surface area contributed by atoms with E-state index in [9.17, 15) is 9.90 Å². The van der Waals surface area contributed by atoms with E-state index in [2.05, 4.69) is 23.8 Å². The van der Waals surface area contributed by atoms with Crippen LogP contribution >= 0.6 is 0 Å². The van der Waals surface area contributed by atoms with Gasteiger partial charge in [-0.25, -0.2) is 0 Å². The first-order valence-corrected chi connectivity index (χ1v) is 8.04. The van der Waals surface area contributed by atoms with Crippen molar-refractivity contribution in [2.75, 3.05) is 39.8 Å². The summed E-state index contributed by atoms with van der Waals surface area (Å²) >= 11 is 0. The van der Waals surface area contributed by atoms with Crippen LogP contribution in [-0.4, -0.2) is 82.1 Å². The summed E-state index contributed by atoms with van der Waals surface area (Å²) in [5, 5.41) is 14.2. The molecule has 1 unspecified atom stereocenters. The third-order valence-corrected chi connectivity index (χ3v) is 4.11. The van der Waals surface area contributed by atoms with Crippen LogP contribution in [0.3, 0.4) is 0 Å². The quantitative estimate of drug-likeness (QED) is 0.791. The maximum absolute atomic E-state index is 12.3. The molecule has 2 heterocycles. The minimum absolute atomic E-state index is 0.138. The molecule has 0 aliphatic carbocycles. The number of aliphatic hydroxyl groups excluding tert-OH is 1. The fourth-order valence-corrected chi connectivity index (χ4v) is 2.85. The number of ether oxygens (including phenoxy) is 1. The molecule has 7 nitrogen and oxygen atoms in total. The van der Waals surface area contributed by atoms with Gasteiger partial charge < -0.3 is 14.7 Å². The van der Waals surface area contributed by atoms with E-state index in [-0.39, 0.29) is 11.5 Å². The van der Waals surface area contributed by atoms with Crippen LogP contribution in [0.15, 0.2) is 12.4 Å². The molecule has 130 valence electrons. The summed E-state index contributed by atoms with van der Waals surface area (Å²) in [4.78, 5) is 16.2. The average Bonchev–Trinajstić information content (AvgIpc) is 2.88. The number of likely N-dealkylation sites (N-methyl/N-ethyl adjacent to an activating group) is 1. The molecule has 0 aromatic carbocycles. The number of aliphatic hydroxyl groups is 1. The summed E-state index contributed by atoms with van der Waals surface area (Å²) < 4.78 is 7.35. The van der Waals surface area contributed by atoms with Gasteiger partial charge in [-0.05, 0) is 19.4 Å². The van der Waals surface area contributed by atoms with Crippen molar-refractivity contribution in [2.24, 2.45) is 7.05 Å². The van der Waals surface area contributed by atoms with Crippen LogP contribution in [0.25, 0.3) is 0 Å². The molecule has 1 aliphatic rings. The molecule has 2 rings (SSSR count). The van der Waals surface area contributed by atoms with Crippen molar-refractivity contribution in [1.29, 1.82) is 0 Å². The van der Waals surface area contributed by atoms with Gasteiger partial charge in [-0.15, -0.1) is 0 Å². The Morgan fingerprint density at radius 2 is 2.30 bits per heavy atom. The van der Waals surface area contributed by atoms with E-state index >= 15 is 0 Å². The predicted octanol–water partition coefficient (Wildman–Crippen LogP) is -0.107. The van der Waals surface area contributed by atoms with Crippen molar-refractivity contribution in [3.63, 3.8) is 0 Å². The van der Waals surface area contributed by atoms with E-state index < -0.39 is 6.10 Å². The second-order valence-corrected chi connectivity index (χ2v) is 6.89. The maximum Gasteiger partial charge on any atom is 0.251 e. The molecule has 1 fully saturated rings. The minimum Gasteiger partial charge on any atom is -0.383 e. The zero-order chi connectivity index (χ0) is 17.0. The normalized spacial score (nSPS) is 19.5. The number of aryl methyl sites for hydroxylation is 1. The molecule has 1 saturated heterocycles. The number of morpholine rings is 1. The maximum atomic E-state index is 12.3. The molecule has 7 heteroatoms. The van der Waals surface area contributed by atoms with E-state index in [1.165, 1.54) is 0 Å². The number of rotatable bonds is 6. The highest BCUT2D eigenvalue weighted by atomic mass is 16.5. The predicted molar refractivity (Wildman–Crippen MR) is 87.0 cm³/mol. The lowest BCUT2D eigenvalue weighted by atomic mass is 10.1. The Hall–Kier alpha value is -1.44. The molecule has 0 radical (unpaired) electrons. The van der Waals surface area contributed by atoms with Gasteiger partial charge in [0.2, 0.25) is 0 Å². The van der Waals surface area contributed by atoms with E-state index in [0.717, 1.165) is 25.2 Å². The molecule has 1 aromatic heterocycles. The van der Waals surface area contributed by atoms with Crippen LogP contribution in [0, 0.1) is 0 Å². The Bertz CT molecular complexity index is 529. The van der Waals surface area contributed by atoms with E-state index in [1.54, 1.807) is 22.8 Å². The molecule has 1 aliphatic heterocycles. The minimum atomic E-state index is -1.02. The molecule has 23 heavy (non-hydrogen) atoms. The first kappa shape index (κ1) is 17.9. The third-order valence-electron chi connectivity index (χ3n) is 4.11. The fourth-order valence-electron chi connectivity index (χ4n) is 2.85. The monoisotopic (exact) mass is 324 g/mol. The van der Waals surface area contributed by atoms with Crippen LogP contribution in [0.4, 0.5) is 0 Å². The number of amides is 1. The molecule has 0 spiro atoms. The topological polar surface area (TPSA) is 70.8 Å². The zero-order valence-electron chi connectivity index (χ0n) is 14.5. The van der Waals surface area contributed by atoms with Gasteiger partial charge in [-0.2, -0.15) is 5.10 Å². The zero-order valence-corrected chi connectivity index (χ0v) is 14.5. The Labute approximate surface area is 137 Å². The van der Waals surface area contributed by atoms with Gasteiger partial charge >= 0.3 is 0 Å². The Morgan fingerprint density at radius 3 is 2.91 bits per heavy atom. The number of hydrogen-bond donors (Lipinski definition) is 1. The highest BCUT2D eigenvalue weighted by Gasteiger charge is 2.27. The van der Waals surface area contributed by atoms with Crippen LogP contribution in [-0.2, 0) is 23.0 Å². The molecule has 1 N–H and O–H groups in total. The third kappa shape index (κ3) is 5.30. The second-order valence-electron chi connectivity index (χ2n) is 6.89. The molecule has 0 saturated carbocycles. The van der Waals surface area contributed by atoms with Crippen LogP contribution in [0.1, 0.15) is 19.4 Å². The lowest BCUT2D eigenvalue weighted by Crippen LogP contribution is -2.50. The van der Waals surface area contributed by atoms with Crippen molar-refractivity contribution in [2.45, 2.75) is 32.0 Å². The van der Waals surface area contributed by atoms with Gasteiger partial charge in [0.25, 0.3) is 5.91 Å². The van der Waals surface area contributed by atoms with Crippen molar-refractivity contribution < 1.29 is 14.6 Å². The largest absolute Gasteiger partial charge is 0.383 e. The van der Waals surface area contributed by atoms with Crippen LogP contribution < -0.4 is 0 Å². The SMILES string of the molecule is CN(CCN1CCOC(C)(C)C1)C(=O)C(O)Cc1cnn(C)c1. The first-order chi connectivity index (χ1) is 10.8. The second kappa shape index (κ2) is 7.42. The van der Waals surface area contributed by atoms with E-state index in [0.29, 0.717) is 19.6 Å². The summed E-state index contributed by atoms with van der Waals surface area (Å²) in [5.41, 5.74) is 0.720. The van der Waals surface area contributed by atoms with E-state index in [1.807, 2.05) is 13.2 Å². The number of nitrogens with zero attached hydrogens (tertiary/aromatic N) is 4. The van der Waals surface area contributed by atoms with Gasteiger partial charge in [0.15, 0.2) is 0 Å². The molecular formula is C16H28N4O3. The van der Waals surface area contributed by atoms with Gasteiger partial charge in [0.05, 0.1) is 18.4 Å². The van der Waals surface area contributed by atoms with Gasteiger partial charge in [-0.3, -0.25) is 14.4 Å². The van der Waals surface area contributed by atoms with Crippen LogP contribution in [0.2, 0.25) is 0 Å². The van der Waals surface area contributed by atoms with Crippen molar-refractivity contribution >= 4 is 5.91 Å². The summed E-state index contributed by atoms with van der Waals surface area (Å²) in [5.74, 6) is -0.249. The lowest BCUT2D eigenvalue weighted by molar-refractivity contribution is -0.139. The number of hydrogen-bond acceptors (Lipinski definition) is 5. The van der Waals surface area contributed by atoms with Gasteiger partial charge in [0, 0.05) is 52.9 Å². The van der Waals surface area contributed by atoms with Crippen LogP contribution in [0.5, 0.6) is 0 Å². The number of carbonyl (C=O) groups excluding carboxylic acids is 1. The summed E-state index contributed by atoms with van der Waals surface area (Å²) in [6, 6.07) is 0. The first-order valence-electron chi connectivity index (χ1n) is 8.04. The molecule has 1 atom stereocenters. The number of aromatic nitrogens is 2. The standard InChI is InChI=1S/C16H28N4O3/c1-16(2)12-20(7-8-23-16)6-5-18(3)15(22)14(21)9-13-10-17-19(4)11-13/h10-11,14,21H,5-9,12H2,1-4H3. The fraction of sp³-hybridized carbons (Fsp3) is 0.750.